The molecule has 1 aliphatic carbocycles. The molecule has 0 spiro atoms. The first kappa shape index (κ1) is 26.1. The minimum absolute atomic E-state index is 0.0522. The third-order valence-corrected chi connectivity index (χ3v) is 7.23. The molecule has 192 valence electrons. The van der Waals surface area contributed by atoms with Crippen molar-refractivity contribution >= 4 is 5.91 Å². The molecule has 0 bridgehead atoms. The van der Waals surface area contributed by atoms with Crippen molar-refractivity contribution in [3.05, 3.63) is 59.0 Å². The van der Waals surface area contributed by atoms with Crippen LogP contribution in [-0.4, -0.2) is 71.2 Å². The van der Waals surface area contributed by atoms with Crippen LogP contribution in [0.15, 0.2) is 36.5 Å². The van der Waals surface area contributed by atoms with Gasteiger partial charge in [-0.05, 0) is 57.0 Å². The summed E-state index contributed by atoms with van der Waals surface area (Å²) in [6.07, 6.45) is 6.62. The first-order chi connectivity index (χ1) is 17.3. The van der Waals surface area contributed by atoms with Crippen molar-refractivity contribution < 1.29 is 19.0 Å². The summed E-state index contributed by atoms with van der Waals surface area (Å²) in [5.41, 5.74) is 1.41. The lowest BCUT2D eigenvalue weighted by atomic mass is 9.99. The second kappa shape index (κ2) is 11.9. The van der Waals surface area contributed by atoms with Crippen LogP contribution in [0.4, 0.5) is 4.39 Å². The number of hydrogen-bond acceptors (Lipinski definition) is 5. The highest BCUT2D eigenvalue weighted by molar-refractivity contribution is 5.97. The molecule has 2 aromatic rings. The second-order valence-corrected chi connectivity index (χ2v) is 10.3. The fourth-order valence-electron chi connectivity index (χ4n) is 5.11. The van der Waals surface area contributed by atoms with Crippen molar-refractivity contribution in [2.45, 2.75) is 51.7 Å². The molecule has 3 atom stereocenters. The van der Waals surface area contributed by atoms with E-state index in [0.717, 1.165) is 19.0 Å². The third-order valence-electron chi connectivity index (χ3n) is 7.23. The average molecular weight is 494 g/mol. The maximum atomic E-state index is 13.6. The van der Waals surface area contributed by atoms with Gasteiger partial charge in [0.15, 0.2) is 0 Å². The predicted octanol–water partition coefficient (Wildman–Crippen LogP) is 3.96. The fourth-order valence-corrected chi connectivity index (χ4v) is 5.11. The molecule has 2 aliphatic rings. The number of carbonyl (C=O) groups excluding carboxylic acids is 1. The minimum atomic E-state index is -0.353. The highest BCUT2D eigenvalue weighted by atomic mass is 19.1. The number of pyridine rings is 1. The molecular weight excluding hydrogens is 457 g/mol. The van der Waals surface area contributed by atoms with Crippen LogP contribution in [0, 0.1) is 29.5 Å². The molecule has 6 nitrogen and oxygen atoms in total. The summed E-state index contributed by atoms with van der Waals surface area (Å²) < 4.78 is 19.9. The molecule has 1 aromatic heterocycles. The highest BCUT2D eigenvalue weighted by Crippen LogP contribution is 2.29. The van der Waals surface area contributed by atoms with Crippen molar-refractivity contribution in [2.24, 2.45) is 11.8 Å². The van der Waals surface area contributed by atoms with Crippen LogP contribution in [-0.2, 0) is 0 Å². The Balaban J connectivity index is 1.61. The van der Waals surface area contributed by atoms with Gasteiger partial charge in [0.1, 0.15) is 17.5 Å². The number of nitrogens with zero attached hydrogens (tertiary/aromatic N) is 3. The van der Waals surface area contributed by atoms with Gasteiger partial charge >= 0.3 is 0 Å². The van der Waals surface area contributed by atoms with Gasteiger partial charge in [-0.1, -0.05) is 37.7 Å². The molecule has 0 unspecified atom stereocenters. The summed E-state index contributed by atoms with van der Waals surface area (Å²) in [4.78, 5) is 22.1. The van der Waals surface area contributed by atoms with Gasteiger partial charge in [-0.2, -0.15) is 0 Å². The average Bonchev–Trinajstić information content (AvgIpc) is 3.37. The molecule has 7 heteroatoms. The number of amides is 1. The van der Waals surface area contributed by atoms with Crippen molar-refractivity contribution in [1.82, 2.24) is 14.8 Å². The van der Waals surface area contributed by atoms with E-state index in [1.54, 1.807) is 29.3 Å². The highest BCUT2D eigenvalue weighted by Gasteiger charge is 2.34. The lowest BCUT2D eigenvalue weighted by Crippen LogP contribution is -2.50. The zero-order chi connectivity index (χ0) is 25.7. The number of benzene rings is 1. The van der Waals surface area contributed by atoms with Gasteiger partial charge in [0.05, 0.1) is 12.6 Å². The van der Waals surface area contributed by atoms with E-state index in [4.69, 9.17) is 4.74 Å². The Kier molecular flexibility index (Phi) is 8.60. The quantitative estimate of drug-likeness (QED) is 0.617. The molecule has 0 saturated heterocycles. The minimum Gasteiger partial charge on any atom is -0.472 e. The largest absolute Gasteiger partial charge is 0.472 e. The Hall–Kier alpha value is -2.95. The first-order valence-corrected chi connectivity index (χ1v) is 12.9. The van der Waals surface area contributed by atoms with Gasteiger partial charge in [-0.3, -0.25) is 4.79 Å². The number of halogens is 1. The predicted molar refractivity (Wildman–Crippen MR) is 137 cm³/mol. The van der Waals surface area contributed by atoms with Gasteiger partial charge in [-0.15, -0.1) is 0 Å². The monoisotopic (exact) mass is 493 g/mol. The van der Waals surface area contributed by atoms with Crippen LogP contribution in [0.25, 0.3) is 0 Å². The zero-order valence-corrected chi connectivity index (χ0v) is 21.4. The summed E-state index contributed by atoms with van der Waals surface area (Å²) in [5.74, 6) is 6.40. The summed E-state index contributed by atoms with van der Waals surface area (Å²) in [5, 5.41) is 9.86. The molecule has 0 radical (unpaired) electrons. The Morgan fingerprint density at radius 3 is 2.69 bits per heavy atom. The van der Waals surface area contributed by atoms with E-state index in [0.29, 0.717) is 23.2 Å². The first-order valence-electron chi connectivity index (χ1n) is 12.9. The van der Waals surface area contributed by atoms with Gasteiger partial charge in [-0.25, -0.2) is 9.37 Å². The molecule has 1 N–H and O–H groups in total. The van der Waals surface area contributed by atoms with Crippen LogP contribution >= 0.6 is 0 Å². The number of aromatic nitrogens is 1. The number of likely N-dealkylation sites (N-methyl/N-ethyl adjacent to an activating group) is 1. The number of carbonyl (C=O) groups is 1. The van der Waals surface area contributed by atoms with E-state index in [1.165, 1.54) is 37.8 Å². The van der Waals surface area contributed by atoms with Crippen molar-refractivity contribution in [2.75, 3.05) is 33.3 Å². The Labute approximate surface area is 213 Å². The molecule has 1 saturated carbocycles. The molecule has 2 heterocycles. The van der Waals surface area contributed by atoms with Crippen molar-refractivity contribution in [3.63, 3.8) is 0 Å². The van der Waals surface area contributed by atoms with Crippen LogP contribution in [0.3, 0.4) is 0 Å². The van der Waals surface area contributed by atoms with E-state index >= 15 is 0 Å². The molecular formula is C29H36FN3O3. The number of ether oxygens (including phenoxy) is 1. The summed E-state index contributed by atoms with van der Waals surface area (Å²) in [7, 11) is 2.13. The van der Waals surface area contributed by atoms with Gasteiger partial charge in [0, 0.05) is 42.9 Å². The summed E-state index contributed by atoms with van der Waals surface area (Å²) >= 11 is 0. The number of fused-ring (bicyclic) bond motifs is 1. The van der Waals surface area contributed by atoms with Gasteiger partial charge < -0.3 is 19.6 Å². The van der Waals surface area contributed by atoms with Crippen molar-refractivity contribution in [3.8, 4) is 17.7 Å². The number of aliphatic hydroxyl groups is 1. The fraction of sp³-hybridized carbons (Fsp3) is 0.517. The Morgan fingerprint density at radius 1 is 1.22 bits per heavy atom. The summed E-state index contributed by atoms with van der Waals surface area (Å²) in [6.45, 7) is 6.04. The summed E-state index contributed by atoms with van der Waals surface area (Å²) in [6, 6.07) is 7.40. The van der Waals surface area contributed by atoms with E-state index in [-0.39, 0.29) is 42.3 Å². The van der Waals surface area contributed by atoms with Crippen molar-refractivity contribution in [1.29, 1.82) is 0 Å². The van der Waals surface area contributed by atoms with Gasteiger partial charge in [0.25, 0.3) is 5.91 Å². The van der Waals surface area contributed by atoms with E-state index < -0.39 is 0 Å². The van der Waals surface area contributed by atoms with Gasteiger partial charge in [0.2, 0.25) is 5.88 Å². The Morgan fingerprint density at radius 2 is 1.97 bits per heavy atom. The molecule has 4 rings (SSSR count). The number of rotatable bonds is 6. The molecule has 1 aliphatic heterocycles. The van der Waals surface area contributed by atoms with Crippen LogP contribution in [0.5, 0.6) is 5.88 Å². The maximum absolute atomic E-state index is 13.6. The molecule has 1 amide bonds. The van der Waals surface area contributed by atoms with Crippen LogP contribution in [0.2, 0.25) is 0 Å². The second-order valence-electron chi connectivity index (χ2n) is 10.3. The number of aliphatic hydroxyl groups excluding tert-OH is 1. The van der Waals surface area contributed by atoms with E-state index in [9.17, 15) is 14.3 Å². The standard InChI is InChI=1S/C29H36FN3O3/c1-20-16-33(21(2)19-34)29(35)26-14-24(12-11-22-9-6-10-25(30)13-22)15-31-28(26)36-27(20)18-32(3)17-23-7-4-5-8-23/h6,9-10,13-15,20-21,23,27,34H,4-5,7-8,16-19H2,1-3H3/t20-,21+,27-/m1/s1. The Bertz CT molecular complexity index is 1120. The molecule has 36 heavy (non-hydrogen) atoms. The normalized spacial score (nSPS) is 21.3. The third kappa shape index (κ3) is 6.43. The zero-order valence-electron chi connectivity index (χ0n) is 21.4. The SMILES string of the molecule is C[C@@H]1CN([C@@H](C)CO)C(=O)c2cc(C#Cc3cccc(F)c3)cnc2O[C@@H]1CN(C)CC1CCCC1. The smallest absolute Gasteiger partial charge is 0.259 e. The van der Waals surface area contributed by atoms with Crippen LogP contribution in [0.1, 0.15) is 61.0 Å². The number of hydrogen-bond donors (Lipinski definition) is 1. The lowest BCUT2D eigenvalue weighted by Gasteiger charge is -2.38. The maximum Gasteiger partial charge on any atom is 0.259 e. The molecule has 1 fully saturated rings. The van der Waals surface area contributed by atoms with E-state index in [2.05, 4.69) is 35.7 Å². The topological polar surface area (TPSA) is 65.9 Å². The van der Waals surface area contributed by atoms with E-state index in [1.807, 2.05) is 6.92 Å². The lowest BCUT2D eigenvalue weighted by molar-refractivity contribution is 0.0320. The van der Waals surface area contributed by atoms with Crippen LogP contribution < -0.4 is 4.74 Å². The molecule has 1 aromatic carbocycles.